The summed E-state index contributed by atoms with van der Waals surface area (Å²) in [4.78, 5) is 4.90. The summed E-state index contributed by atoms with van der Waals surface area (Å²) >= 11 is 0. The first-order valence-electron chi connectivity index (χ1n) is 7.21. The standard InChI is InChI=1S/C14H24N2O2/c1-15-5-9-10-6-16(2)12-4-13(10,7-17)11(15)3-14(9,12)8-18/h9-12,17-18H,3-8H2,1-2H3/t9-,10+,11-,12+,13-,14-/m0/s1. The van der Waals surface area contributed by atoms with E-state index >= 15 is 0 Å². The van der Waals surface area contributed by atoms with Crippen LogP contribution in [0.4, 0.5) is 0 Å². The van der Waals surface area contributed by atoms with Gasteiger partial charge in [0.1, 0.15) is 0 Å². The summed E-state index contributed by atoms with van der Waals surface area (Å²) < 4.78 is 0. The van der Waals surface area contributed by atoms with E-state index in [-0.39, 0.29) is 10.8 Å². The molecule has 7 rings (SSSR count). The Labute approximate surface area is 109 Å². The van der Waals surface area contributed by atoms with Gasteiger partial charge in [-0.15, -0.1) is 0 Å². The number of aliphatic hydroxyl groups excluding tert-OH is 2. The van der Waals surface area contributed by atoms with E-state index in [1.165, 1.54) is 0 Å². The second-order valence-corrected chi connectivity index (χ2v) is 7.31. The predicted molar refractivity (Wildman–Crippen MR) is 68.1 cm³/mol. The zero-order chi connectivity index (χ0) is 12.7. The highest BCUT2D eigenvalue weighted by atomic mass is 16.3. The quantitative estimate of drug-likeness (QED) is 0.703. The van der Waals surface area contributed by atoms with Gasteiger partial charge in [0.15, 0.2) is 0 Å². The lowest BCUT2D eigenvalue weighted by atomic mass is 9.37. The number of piperidine rings is 4. The van der Waals surface area contributed by atoms with E-state index < -0.39 is 0 Å². The lowest BCUT2D eigenvalue weighted by Crippen LogP contribution is -2.83. The summed E-state index contributed by atoms with van der Waals surface area (Å²) in [6.45, 7) is 2.88. The Morgan fingerprint density at radius 3 is 1.61 bits per heavy atom. The Bertz CT molecular complexity index is 354. The van der Waals surface area contributed by atoms with Crippen molar-refractivity contribution in [3.63, 3.8) is 0 Å². The minimum Gasteiger partial charge on any atom is -0.396 e. The van der Waals surface area contributed by atoms with Crippen molar-refractivity contribution >= 4 is 0 Å². The molecule has 7 aliphatic rings. The first kappa shape index (κ1) is 11.6. The molecule has 0 radical (unpaired) electrons. The van der Waals surface area contributed by atoms with E-state index in [2.05, 4.69) is 23.9 Å². The third kappa shape index (κ3) is 0.974. The van der Waals surface area contributed by atoms with Crippen LogP contribution in [0.5, 0.6) is 0 Å². The van der Waals surface area contributed by atoms with Crippen LogP contribution in [-0.4, -0.2) is 72.5 Å². The zero-order valence-corrected chi connectivity index (χ0v) is 11.3. The maximum atomic E-state index is 10.1. The molecule has 4 aliphatic heterocycles. The van der Waals surface area contributed by atoms with Crippen LogP contribution in [0.1, 0.15) is 12.8 Å². The lowest BCUT2D eigenvalue weighted by molar-refractivity contribution is -0.302. The molecule has 0 unspecified atom stereocenters. The minimum absolute atomic E-state index is 0.117. The summed E-state index contributed by atoms with van der Waals surface area (Å²) in [5.74, 6) is 1.17. The van der Waals surface area contributed by atoms with Crippen LogP contribution >= 0.6 is 0 Å². The van der Waals surface area contributed by atoms with E-state index in [4.69, 9.17) is 0 Å². The third-order valence-electron chi connectivity index (χ3n) is 7.06. The molecule has 4 nitrogen and oxygen atoms in total. The van der Waals surface area contributed by atoms with Gasteiger partial charge in [0.05, 0.1) is 13.2 Å². The zero-order valence-electron chi connectivity index (χ0n) is 11.3. The van der Waals surface area contributed by atoms with Gasteiger partial charge in [0.2, 0.25) is 0 Å². The molecule has 3 saturated carbocycles. The fourth-order valence-electron chi connectivity index (χ4n) is 6.25. The van der Waals surface area contributed by atoms with E-state index in [1.54, 1.807) is 0 Å². The number of fused-ring (bicyclic) bond motifs is 2. The number of hydrogen-bond donors (Lipinski definition) is 2. The SMILES string of the molecule is CN1C[C@H]2[C@H]3CN(C)[C@@H]4C[C@@]3(CO)[C@@H]1C[C@]24CO. The van der Waals surface area contributed by atoms with Crippen molar-refractivity contribution in [1.29, 1.82) is 0 Å². The molecule has 6 bridgehead atoms. The molecule has 3 aliphatic carbocycles. The van der Waals surface area contributed by atoms with Crippen LogP contribution in [-0.2, 0) is 0 Å². The first-order chi connectivity index (χ1) is 8.59. The van der Waals surface area contributed by atoms with Crippen molar-refractivity contribution in [2.75, 3.05) is 40.4 Å². The van der Waals surface area contributed by atoms with Gasteiger partial charge < -0.3 is 20.0 Å². The van der Waals surface area contributed by atoms with E-state index in [9.17, 15) is 10.2 Å². The Kier molecular flexibility index (Phi) is 2.13. The molecular formula is C14H24N2O2. The van der Waals surface area contributed by atoms with Crippen LogP contribution in [0.2, 0.25) is 0 Å². The van der Waals surface area contributed by atoms with E-state index in [0.29, 0.717) is 37.1 Å². The number of hydrogen-bond acceptors (Lipinski definition) is 4. The van der Waals surface area contributed by atoms with Crippen LogP contribution in [0.15, 0.2) is 0 Å². The molecule has 6 atom stereocenters. The Balaban J connectivity index is 1.87. The molecule has 0 spiro atoms. The number of nitrogens with zero attached hydrogens (tertiary/aromatic N) is 2. The van der Waals surface area contributed by atoms with Crippen LogP contribution in [0, 0.1) is 22.7 Å². The Hall–Kier alpha value is -0.160. The van der Waals surface area contributed by atoms with Crippen molar-refractivity contribution in [3.8, 4) is 0 Å². The van der Waals surface area contributed by atoms with Crippen molar-refractivity contribution in [2.45, 2.75) is 24.9 Å². The van der Waals surface area contributed by atoms with Crippen LogP contribution < -0.4 is 0 Å². The summed E-state index contributed by atoms with van der Waals surface area (Å²) in [6, 6.07) is 0.962. The summed E-state index contributed by atoms with van der Waals surface area (Å²) in [5, 5.41) is 20.1. The molecular weight excluding hydrogens is 228 g/mol. The van der Waals surface area contributed by atoms with Gasteiger partial charge in [0, 0.05) is 36.0 Å². The molecule has 0 aromatic heterocycles. The maximum absolute atomic E-state index is 10.1. The fraction of sp³-hybridized carbons (Fsp3) is 1.00. The lowest BCUT2D eigenvalue weighted by Gasteiger charge is -2.78. The topological polar surface area (TPSA) is 46.9 Å². The molecule has 2 N–H and O–H groups in total. The van der Waals surface area contributed by atoms with Gasteiger partial charge in [0.25, 0.3) is 0 Å². The Morgan fingerprint density at radius 1 is 0.889 bits per heavy atom. The van der Waals surface area contributed by atoms with Crippen LogP contribution in [0.3, 0.4) is 0 Å². The average molecular weight is 252 g/mol. The molecule has 102 valence electrons. The van der Waals surface area contributed by atoms with Gasteiger partial charge in [-0.05, 0) is 38.8 Å². The molecule has 0 amide bonds. The molecule has 0 aromatic carbocycles. The highest BCUT2D eigenvalue weighted by Crippen LogP contribution is 2.69. The normalized spacial score (nSPS) is 58.7. The predicted octanol–water partition coefficient (Wildman–Crippen LogP) is -0.388. The largest absolute Gasteiger partial charge is 0.396 e. The van der Waals surface area contributed by atoms with E-state index in [0.717, 1.165) is 25.9 Å². The molecule has 4 heterocycles. The van der Waals surface area contributed by atoms with Crippen molar-refractivity contribution in [1.82, 2.24) is 9.80 Å². The van der Waals surface area contributed by atoms with E-state index in [1.807, 2.05) is 0 Å². The van der Waals surface area contributed by atoms with Crippen molar-refractivity contribution in [2.24, 2.45) is 22.7 Å². The minimum atomic E-state index is 0.117. The molecule has 18 heavy (non-hydrogen) atoms. The highest BCUT2D eigenvalue weighted by Gasteiger charge is 2.74. The number of aliphatic hydroxyl groups is 2. The molecule has 7 fully saturated rings. The third-order valence-corrected chi connectivity index (χ3v) is 7.06. The van der Waals surface area contributed by atoms with Crippen LogP contribution in [0.25, 0.3) is 0 Å². The van der Waals surface area contributed by atoms with Crippen molar-refractivity contribution in [3.05, 3.63) is 0 Å². The molecule has 4 heteroatoms. The monoisotopic (exact) mass is 252 g/mol. The smallest absolute Gasteiger partial charge is 0.0506 e. The average Bonchev–Trinajstić information content (AvgIpc) is 2.40. The second kappa shape index (κ2) is 3.29. The molecule has 4 saturated heterocycles. The summed E-state index contributed by atoms with van der Waals surface area (Å²) in [6.07, 6.45) is 2.16. The second-order valence-electron chi connectivity index (χ2n) is 7.31. The molecule has 0 aromatic rings. The maximum Gasteiger partial charge on any atom is 0.0506 e. The van der Waals surface area contributed by atoms with Gasteiger partial charge >= 0.3 is 0 Å². The summed E-state index contributed by atoms with van der Waals surface area (Å²) in [5.41, 5.74) is 0.234. The summed E-state index contributed by atoms with van der Waals surface area (Å²) in [7, 11) is 4.40. The van der Waals surface area contributed by atoms with Crippen molar-refractivity contribution < 1.29 is 10.2 Å². The number of rotatable bonds is 2. The van der Waals surface area contributed by atoms with Gasteiger partial charge in [-0.2, -0.15) is 0 Å². The fourth-order valence-corrected chi connectivity index (χ4v) is 6.25. The van der Waals surface area contributed by atoms with Gasteiger partial charge in [-0.25, -0.2) is 0 Å². The highest BCUT2D eigenvalue weighted by molar-refractivity contribution is 5.25. The first-order valence-corrected chi connectivity index (χ1v) is 7.21. The Morgan fingerprint density at radius 2 is 1.28 bits per heavy atom. The van der Waals surface area contributed by atoms with Gasteiger partial charge in [-0.1, -0.05) is 0 Å². The van der Waals surface area contributed by atoms with Gasteiger partial charge in [-0.3, -0.25) is 0 Å².